The van der Waals surface area contributed by atoms with E-state index in [0.29, 0.717) is 11.4 Å². The van der Waals surface area contributed by atoms with Gasteiger partial charge in [-0.2, -0.15) is 0 Å². The molecule has 23 heavy (non-hydrogen) atoms. The van der Waals surface area contributed by atoms with Crippen LogP contribution in [0.3, 0.4) is 0 Å². The number of aromatic nitrogens is 3. The van der Waals surface area contributed by atoms with Crippen molar-refractivity contribution in [1.29, 1.82) is 0 Å². The Kier molecular flexibility index (Phi) is 3.23. The van der Waals surface area contributed by atoms with Crippen molar-refractivity contribution in [2.45, 2.75) is 10.5 Å². The Hall–Kier alpha value is -2.87. The first-order valence-electron chi connectivity index (χ1n) is 6.91. The number of rotatable bonds is 3. The van der Waals surface area contributed by atoms with Gasteiger partial charge in [0.15, 0.2) is 5.82 Å². The molecule has 0 radical (unpaired) electrons. The summed E-state index contributed by atoms with van der Waals surface area (Å²) in [6.07, 6.45) is 0. The van der Waals surface area contributed by atoms with Crippen molar-refractivity contribution in [1.82, 2.24) is 14.9 Å². The second-order valence-corrected chi connectivity index (χ2v) is 6.06. The summed E-state index contributed by atoms with van der Waals surface area (Å²) in [6.45, 7) is 0. The van der Waals surface area contributed by atoms with Crippen LogP contribution in [0, 0.1) is 10.1 Å². The molecule has 114 valence electrons. The quantitative estimate of drug-likeness (QED) is 0.588. The summed E-state index contributed by atoms with van der Waals surface area (Å²) in [5.74, 6) is 0.564. The van der Waals surface area contributed by atoms with Gasteiger partial charge in [0.2, 0.25) is 5.16 Å². The second-order valence-electron chi connectivity index (χ2n) is 4.99. The van der Waals surface area contributed by atoms with Crippen LogP contribution >= 0.6 is 11.8 Å². The number of hydrogen-bond acceptors (Lipinski definition) is 6. The summed E-state index contributed by atoms with van der Waals surface area (Å²) in [6, 6.07) is 16.4. The molecule has 1 atom stereocenters. The van der Waals surface area contributed by atoms with Gasteiger partial charge in [0.05, 0.1) is 4.92 Å². The highest BCUT2D eigenvalue weighted by Crippen LogP contribution is 2.40. The van der Waals surface area contributed by atoms with Crippen LogP contribution in [0.1, 0.15) is 10.9 Å². The number of nitro benzene ring substituents is 1. The number of non-ortho nitro benzene ring substituents is 1. The fourth-order valence-electron chi connectivity index (χ4n) is 2.43. The zero-order valence-corrected chi connectivity index (χ0v) is 12.6. The molecule has 1 aliphatic rings. The van der Waals surface area contributed by atoms with E-state index in [9.17, 15) is 10.1 Å². The van der Waals surface area contributed by atoms with Crippen LogP contribution in [0.5, 0.6) is 0 Å². The minimum atomic E-state index is -0.417. The van der Waals surface area contributed by atoms with Gasteiger partial charge in [0.1, 0.15) is 5.37 Å². The van der Waals surface area contributed by atoms with E-state index in [-0.39, 0.29) is 11.1 Å². The average molecular weight is 325 g/mol. The van der Waals surface area contributed by atoms with Gasteiger partial charge >= 0.3 is 0 Å². The number of benzene rings is 2. The maximum atomic E-state index is 10.9. The fourth-order valence-corrected chi connectivity index (χ4v) is 3.42. The molecule has 8 heteroatoms. The number of thioether (sulfide) groups is 1. The van der Waals surface area contributed by atoms with Crippen molar-refractivity contribution in [2.24, 2.45) is 0 Å². The van der Waals surface area contributed by atoms with Gasteiger partial charge < -0.3 is 5.43 Å². The molecule has 0 saturated carbocycles. The van der Waals surface area contributed by atoms with Gasteiger partial charge in [-0.05, 0) is 5.56 Å². The molecular weight excluding hydrogens is 314 g/mol. The van der Waals surface area contributed by atoms with Crippen LogP contribution in [-0.4, -0.2) is 19.8 Å². The molecule has 0 saturated heterocycles. The Morgan fingerprint density at radius 2 is 1.96 bits per heavy atom. The Morgan fingerprint density at radius 3 is 2.74 bits per heavy atom. The number of nitro groups is 1. The van der Waals surface area contributed by atoms with Crippen molar-refractivity contribution in [2.75, 3.05) is 5.43 Å². The lowest BCUT2D eigenvalue weighted by Crippen LogP contribution is -2.13. The lowest BCUT2D eigenvalue weighted by Gasteiger charge is -2.11. The topological polar surface area (TPSA) is 85.9 Å². The monoisotopic (exact) mass is 325 g/mol. The Balaban J connectivity index is 1.68. The summed E-state index contributed by atoms with van der Waals surface area (Å²) in [5.41, 5.74) is 5.15. The third-order valence-corrected chi connectivity index (χ3v) is 4.61. The number of nitrogens with one attached hydrogen (secondary N) is 1. The average Bonchev–Trinajstić information content (AvgIpc) is 3.16. The van der Waals surface area contributed by atoms with Gasteiger partial charge in [-0.25, -0.2) is 4.68 Å². The summed E-state index contributed by atoms with van der Waals surface area (Å²) >= 11 is 1.56. The Bertz CT molecular complexity index is 881. The second kappa shape index (κ2) is 5.40. The lowest BCUT2D eigenvalue weighted by molar-refractivity contribution is -0.384. The summed E-state index contributed by atoms with van der Waals surface area (Å²) in [7, 11) is 0. The maximum Gasteiger partial charge on any atom is 0.270 e. The third kappa shape index (κ3) is 2.42. The number of hydrogen-bond donors (Lipinski definition) is 1. The smallest absolute Gasteiger partial charge is 0.270 e. The first-order chi connectivity index (χ1) is 11.2. The van der Waals surface area contributed by atoms with E-state index in [0.717, 1.165) is 10.7 Å². The van der Waals surface area contributed by atoms with Crippen molar-refractivity contribution < 1.29 is 4.92 Å². The molecule has 1 aromatic heterocycles. The minimum absolute atomic E-state index is 0.0325. The predicted octanol–water partition coefficient (Wildman–Crippen LogP) is 3.20. The number of nitrogens with zero attached hydrogens (tertiary/aromatic N) is 4. The zero-order chi connectivity index (χ0) is 15.8. The third-order valence-electron chi connectivity index (χ3n) is 3.52. The highest BCUT2D eigenvalue weighted by atomic mass is 32.2. The normalized spacial score (nSPS) is 15.9. The van der Waals surface area contributed by atoms with Crippen LogP contribution in [0.4, 0.5) is 5.69 Å². The van der Waals surface area contributed by atoms with Gasteiger partial charge in [-0.15, -0.1) is 10.2 Å². The van der Waals surface area contributed by atoms with Crippen LogP contribution in [0.2, 0.25) is 0 Å². The summed E-state index contributed by atoms with van der Waals surface area (Å²) in [5, 5.41) is 20.0. The lowest BCUT2D eigenvalue weighted by atomic mass is 10.2. The number of fused-ring (bicyclic) bond motifs is 1. The molecule has 2 heterocycles. The molecule has 3 aromatic rings. The maximum absolute atomic E-state index is 10.9. The minimum Gasteiger partial charge on any atom is -0.304 e. The predicted molar refractivity (Wildman–Crippen MR) is 86.5 cm³/mol. The molecule has 4 rings (SSSR count). The summed E-state index contributed by atoms with van der Waals surface area (Å²) in [4.78, 5) is 10.5. The Morgan fingerprint density at radius 1 is 1.13 bits per heavy atom. The highest BCUT2D eigenvalue weighted by Gasteiger charge is 2.28. The van der Waals surface area contributed by atoms with E-state index in [1.165, 1.54) is 12.1 Å². The molecule has 0 amide bonds. The molecule has 0 bridgehead atoms. The van der Waals surface area contributed by atoms with E-state index in [1.54, 1.807) is 28.6 Å². The molecule has 1 aliphatic heterocycles. The largest absolute Gasteiger partial charge is 0.304 e. The van der Waals surface area contributed by atoms with Gasteiger partial charge in [0, 0.05) is 17.7 Å². The van der Waals surface area contributed by atoms with E-state index in [1.807, 2.05) is 30.3 Å². The van der Waals surface area contributed by atoms with Crippen molar-refractivity contribution >= 4 is 17.4 Å². The van der Waals surface area contributed by atoms with Crippen LogP contribution < -0.4 is 5.43 Å². The molecule has 0 fully saturated rings. The standard InChI is InChI=1S/C15H11N5O2S/c21-20(22)12-8-4-7-11(9-12)13-16-17-15-19(13)18-14(23-15)10-5-2-1-3-6-10/h1-9,14,18H/t14-/m1/s1. The van der Waals surface area contributed by atoms with E-state index in [4.69, 9.17) is 0 Å². The van der Waals surface area contributed by atoms with E-state index in [2.05, 4.69) is 15.6 Å². The zero-order valence-electron chi connectivity index (χ0n) is 11.8. The van der Waals surface area contributed by atoms with E-state index >= 15 is 0 Å². The first-order valence-corrected chi connectivity index (χ1v) is 7.79. The molecule has 0 spiro atoms. The molecule has 7 nitrogen and oxygen atoms in total. The van der Waals surface area contributed by atoms with Crippen molar-refractivity contribution in [3.63, 3.8) is 0 Å². The fraction of sp³-hybridized carbons (Fsp3) is 0.0667. The SMILES string of the molecule is O=[N+]([O-])c1cccc(-c2nnc3n2N[C@@H](c2ccccc2)S3)c1. The van der Waals surface area contributed by atoms with Gasteiger partial charge in [-0.3, -0.25) is 10.1 Å². The molecule has 2 aromatic carbocycles. The van der Waals surface area contributed by atoms with Crippen LogP contribution in [-0.2, 0) is 0 Å². The first kappa shape index (κ1) is 13.8. The summed E-state index contributed by atoms with van der Waals surface area (Å²) < 4.78 is 1.78. The van der Waals surface area contributed by atoms with Crippen molar-refractivity contribution in [3.8, 4) is 11.4 Å². The molecular formula is C15H11N5O2S. The van der Waals surface area contributed by atoms with Crippen molar-refractivity contribution in [3.05, 3.63) is 70.3 Å². The van der Waals surface area contributed by atoms with Gasteiger partial charge in [0.25, 0.3) is 5.69 Å². The molecule has 1 N–H and O–H groups in total. The molecule has 0 aliphatic carbocycles. The van der Waals surface area contributed by atoms with Crippen LogP contribution in [0.15, 0.2) is 59.8 Å². The van der Waals surface area contributed by atoms with Crippen LogP contribution in [0.25, 0.3) is 11.4 Å². The van der Waals surface area contributed by atoms with Gasteiger partial charge in [-0.1, -0.05) is 54.2 Å². The van der Waals surface area contributed by atoms with E-state index < -0.39 is 4.92 Å². The molecule has 0 unspecified atom stereocenters. The Labute approximate surface area is 135 Å². The highest BCUT2D eigenvalue weighted by molar-refractivity contribution is 7.99.